The SMILES string of the molecule is Cc1ccc2scc(CC(=O)N3CCc4onc(-c5ccccc5F)c4C3)c2c1. The van der Waals surface area contributed by atoms with Crippen LogP contribution in [-0.4, -0.2) is 22.5 Å². The zero-order valence-corrected chi connectivity index (χ0v) is 16.8. The minimum absolute atomic E-state index is 0.0672. The second kappa shape index (κ2) is 7.12. The third-order valence-electron chi connectivity index (χ3n) is 5.46. The summed E-state index contributed by atoms with van der Waals surface area (Å²) >= 11 is 1.67. The van der Waals surface area contributed by atoms with Crippen molar-refractivity contribution in [2.24, 2.45) is 0 Å². The molecule has 4 nitrogen and oxygen atoms in total. The molecule has 1 aliphatic heterocycles. The van der Waals surface area contributed by atoms with Gasteiger partial charge in [-0.2, -0.15) is 0 Å². The zero-order chi connectivity index (χ0) is 20.0. The Morgan fingerprint density at radius 1 is 1.28 bits per heavy atom. The Bertz CT molecular complexity index is 1230. The van der Waals surface area contributed by atoms with E-state index in [0.29, 0.717) is 37.2 Å². The second-order valence-corrected chi connectivity index (χ2v) is 8.33. The maximum absolute atomic E-state index is 14.3. The highest BCUT2D eigenvalue weighted by atomic mass is 32.1. The number of carbonyl (C=O) groups excluding carboxylic acids is 1. The summed E-state index contributed by atoms with van der Waals surface area (Å²) in [4.78, 5) is 14.9. The molecule has 3 heterocycles. The first-order valence-corrected chi connectivity index (χ1v) is 10.4. The van der Waals surface area contributed by atoms with E-state index in [4.69, 9.17) is 4.52 Å². The van der Waals surface area contributed by atoms with E-state index in [1.54, 1.807) is 29.5 Å². The molecular formula is C23H19FN2O2S. The van der Waals surface area contributed by atoms with Gasteiger partial charge in [0, 0.05) is 28.8 Å². The molecule has 0 unspecified atom stereocenters. The van der Waals surface area contributed by atoms with E-state index in [1.165, 1.54) is 16.3 Å². The molecule has 5 rings (SSSR count). The molecule has 4 aromatic rings. The van der Waals surface area contributed by atoms with Crippen molar-refractivity contribution in [2.75, 3.05) is 6.54 Å². The highest BCUT2D eigenvalue weighted by molar-refractivity contribution is 7.17. The first-order chi connectivity index (χ1) is 14.1. The lowest BCUT2D eigenvalue weighted by atomic mass is 10.0. The Balaban J connectivity index is 1.40. The number of benzene rings is 2. The van der Waals surface area contributed by atoms with Crippen LogP contribution < -0.4 is 0 Å². The lowest BCUT2D eigenvalue weighted by molar-refractivity contribution is -0.131. The molecule has 0 fully saturated rings. The topological polar surface area (TPSA) is 46.3 Å². The third kappa shape index (κ3) is 3.23. The molecule has 1 amide bonds. The van der Waals surface area contributed by atoms with Crippen LogP contribution >= 0.6 is 11.3 Å². The van der Waals surface area contributed by atoms with Crippen LogP contribution in [0.15, 0.2) is 52.4 Å². The number of halogens is 1. The number of aryl methyl sites for hydroxylation is 1. The fourth-order valence-electron chi connectivity index (χ4n) is 3.89. The Hall–Kier alpha value is -2.99. The molecule has 1 aliphatic rings. The number of hydrogen-bond donors (Lipinski definition) is 0. The van der Waals surface area contributed by atoms with Crippen LogP contribution in [0.5, 0.6) is 0 Å². The summed E-state index contributed by atoms with van der Waals surface area (Å²) in [7, 11) is 0. The number of hydrogen-bond acceptors (Lipinski definition) is 4. The largest absolute Gasteiger partial charge is 0.360 e. The third-order valence-corrected chi connectivity index (χ3v) is 6.47. The molecule has 146 valence electrons. The van der Waals surface area contributed by atoms with Gasteiger partial charge in [-0.1, -0.05) is 35.0 Å². The van der Waals surface area contributed by atoms with Gasteiger partial charge in [0.15, 0.2) is 0 Å². The van der Waals surface area contributed by atoms with Crippen LogP contribution in [0.4, 0.5) is 4.39 Å². The molecule has 6 heteroatoms. The summed E-state index contributed by atoms with van der Waals surface area (Å²) < 4.78 is 20.9. The summed E-state index contributed by atoms with van der Waals surface area (Å²) in [6.07, 6.45) is 0.950. The Morgan fingerprint density at radius 2 is 2.14 bits per heavy atom. The van der Waals surface area contributed by atoms with Crippen LogP contribution in [0, 0.1) is 12.7 Å². The Kier molecular flexibility index (Phi) is 4.43. The van der Waals surface area contributed by atoms with Gasteiger partial charge in [0.2, 0.25) is 5.91 Å². The van der Waals surface area contributed by atoms with Gasteiger partial charge >= 0.3 is 0 Å². The summed E-state index contributed by atoms with van der Waals surface area (Å²) in [5, 5.41) is 7.32. The number of fused-ring (bicyclic) bond motifs is 2. The molecule has 0 atom stereocenters. The van der Waals surface area contributed by atoms with E-state index in [1.807, 2.05) is 4.90 Å². The normalized spacial score (nSPS) is 13.7. The monoisotopic (exact) mass is 406 g/mol. The number of carbonyl (C=O) groups is 1. The molecule has 0 radical (unpaired) electrons. The maximum atomic E-state index is 14.3. The summed E-state index contributed by atoms with van der Waals surface area (Å²) in [5.74, 6) is 0.466. The van der Waals surface area contributed by atoms with E-state index in [9.17, 15) is 9.18 Å². The van der Waals surface area contributed by atoms with Gasteiger partial charge in [0.1, 0.15) is 17.3 Å². The van der Waals surface area contributed by atoms with Gasteiger partial charge in [-0.25, -0.2) is 4.39 Å². The van der Waals surface area contributed by atoms with Crippen molar-refractivity contribution in [3.05, 3.63) is 76.1 Å². The summed E-state index contributed by atoms with van der Waals surface area (Å²) in [6, 6.07) is 12.9. The highest BCUT2D eigenvalue weighted by Crippen LogP contribution is 2.32. The summed E-state index contributed by atoms with van der Waals surface area (Å²) in [5.41, 5.74) is 3.95. The first-order valence-electron chi connectivity index (χ1n) is 9.57. The van der Waals surface area contributed by atoms with Crippen LogP contribution in [0.2, 0.25) is 0 Å². The van der Waals surface area contributed by atoms with Crippen LogP contribution in [0.3, 0.4) is 0 Å². The number of amides is 1. The predicted octanol–water partition coefficient (Wildman–Crippen LogP) is 5.13. The number of nitrogens with zero attached hydrogens (tertiary/aromatic N) is 2. The fourth-order valence-corrected chi connectivity index (χ4v) is 4.84. The smallest absolute Gasteiger partial charge is 0.227 e. The van der Waals surface area contributed by atoms with E-state index >= 15 is 0 Å². The standard InChI is InChI=1S/C23H19FN2O2S/c1-14-6-7-21-17(10-14)15(13-29-21)11-22(27)26-9-8-20-18(12-26)23(25-28-20)16-4-2-3-5-19(16)24/h2-7,10,13H,8-9,11-12H2,1H3. The Labute approximate surface area is 171 Å². The molecule has 29 heavy (non-hydrogen) atoms. The molecule has 0 saturated heterocycles. The number of rotatable bonds is 3. The van der Waals surface area contributed by atoms with Crippen molar-refractivity contribution in [3.8, 4) is 11.3 Å². The van der Waals surface area contributed by atoms with Gasteiger partial charge in [-0.15, -0.1) is 11.3 Å². The lowest BCUT2D eigenvalue weighted by Crippen LogP contribution is -2.36. The Morgan fingerprint density at radius 3 is 3.00 bits per heavy atom. The van der Waals surface area contributed by atoms with E-state index < -0.39 is 0 Å². The molecule has 0 N–H and O–H groups in total. The van der Waals surface area contributed by atoms with E-state index in [-0.39, 0.29) is 11.7 Å². The number of aromatic nitrogens is 1. The minimum atomic E-state index is -0.341. The van der Waals surface area contributed by atoms with Crippen LogP contribution in [0.25, 0.3) is 21.3 Å². The first kappa shape index (κ1) is 18.1. The number of thiophene rings is 1. The van der Waals surface area contributed by atoms with Crippen molar-refractivity contribution < 1.29 is 13.7 Å². The van der Waals surface area contributed by atoms with Gasteiger partial charge in [-0.05, 0) is 41.5 Å². The average molecular weight is 406 g/mol. The molecule has 0 saturated carbocycles. The highest BCUT2D eigenvalue weighted by Gasteiger charge is 2.28. The van der Waals surface area contributed by atoms with Crippen molar-refractivity contribution in [1.29, 1.82) is 0 Å². The molecule has 2 aromatic carbocycles. The average Bonchev–Trinajstić information content (AvgIpc) is 3.32. The molecule has 0 aliphatic carbocycles. The van der Waals surface area contributed by atoms with Gasteiger partial charge in [0.25, 0.3) is 0 Å². The van der Waals surface area contributed by atoms with Crippen molar-refractivity contribution in [3.63, 3.8) is 0 Å². The van der Waals surface area contributed by atoms with E-state index in [0.717, 1.165) is 22.3 Å². The fraction of sp³-hybridized carbons (Fsp3) is 0.217. The molecular weight excluding hydrogens is 387 g/mol. The summed E-state index contributed by atoms with van der Waals surface area (Å²) in [6.45, 7) is 3.03. The van der Waals surface area contributed by atoms with Crippen molar-refractivity contribution in [2.45, 2.75) is 26.3 Å². The second-order valence-electron chi connectivity index (χ2n) is 7.42. The van der Waals surface area contributed by atoms with Crippen molar-refractivity contribution in [1.82, 2.24) is 10.1 Å². The predicted molar refractivity (Wildman–Crippen MR) is 111 cm³/mol. The zero-order valence-electron chi connectivity index (χ0n) is 15.9. The van der Waals surface area contributed by atoms with Crippen molar-refractivity contribution >= 4 is 27.3 Å². The minimum Gasteiger partial charge on any atom is -0.360 e. The maximum Gasteiger partial charge on any atom is 0.227 e. The van der Waals surface area contributed by atoms with Gasteiger partial charge in [0.05, 0.1) is 13.0 Å². The quantitative estimate of drug-likeness (QED) is 0.474. The lowest BCUT2D eigenvalue weighted by Gasteiger charge is -2.26. The van der Waals surface area contributed by atoms with Crippen LogP contribution in [0.1, 0.15) is 22.5 Å². The van der Waals surface area contributed by atoms with E-state index in [2.05, 4.69) is 35.7 Å². The molecule has 0 bridgehead atoms. The van der Waals surface area contributed by atoms with Gasteiger partial charge < -0.3 is 9.42 Å². The van der Waals surface area contributed by atoms with Crippen LogP contribution in [-0.2, 0) is 24.2 Å². The molecule has 0 spiro atoms. The molecule has 2 aromatic heterocycles. The van der Waals surface area contributed by atoms with Gasteiger partial charge in [-0.3, -0.25) is 4.79 Å².